The van der Waals surface area contributed by atoms with Crippen molar-refractivity contribution in [3.05, 3.63) is 18.4 Å². The molecule has 27 heavy (non-hydrogen) atoms. The number of imidazole rings is 1. The van der Waals surface area contributed by atoms with Crippen LogP contribution < -0.4 is 10.6 Å². The fourth-order valence-corrected chi connectivity index (χ4v) is 3.49. The van der Waals surface area contributed by atoms with Crippen molar-refractivity contribution in [3.63, 3.8) is 0 Å². The van der Waals surface area contributed by atoms with Crippen molar-refractivity contribution in [3.8, 4) is 11.6 Å². The second-order valence-electron chi connectivity index (χ2n) is 6.74. The fraction of sp³-hybridized carbons (Fsp3) is 0.444. The number of esters is 1. The topological polar surface area (TPSA) is 123 Å². The third-order valence-corrected chi connectivity index (χ3v) is 4.91. The summed E-state index contributed by atoms with van der Waals surface area (Å²) in [6.45, 7) is 1.72. The van der Waals surface area contributed by atoms with Gasteiger partial charge >= 0.3 is 5.97 Å². The zero-order valence-electron chi connectivity index (χ0n) is 15.1. The van der Waals surface area contributed by atoms with E-state index >= 15 is 0 Å². The number of ether oxygens (including phenoxy) is 1. The largest absolute Gasteiger partial charge is 0.469 e. The van der Waals surface area contributed by atoms with Gasteiger partial charge in [0.1, 0.15) is 5.52 Å². The first-order chi connectivity index (χ1) is 13.1. The van der Waals surface area contributed by atoms with Gasteiger partial charge in [0.2, 0.25) is 5.95 Å². The highest BCUT2D eigenvalue weighted by molar-refractivity contribution is 5.85. The van der Waals surface area contributed by atoms with Gasteiger partial charge in [0.15, 0.2) is 23.0 Å². The molecule has 1 saturated heterocycles. The second-order valence-corrected chi connectivity index (χ2v) is 6.74. The number of carbonyl (C=O) groups excluding carboxylic acids is 1. The summed E-state index contributed by atoms with van der Waals surface area (Å²) in [5.41, 5.74) is 7.23. The maximum Gasteiger partial charge on any atom is 0.305 e. The maximum absolute atomic E-state index is 11.4. The fourth-order valence-electron chi connectivity index (χ4n) is 3.49. The van der Waals surface area contributed by atoms with Gasteiger partial charge in [0.05, 0.1) is 13.4 Å². The van der Waals surface area contributed by atoms with E-state index in [0.29, 0.717) is 40.9 Å². The number of H-pyrrole nitrogens is 1. The van der Waals surface area contributed by atoms with Crippen molar-refractivity contribution < 1.29 is 13.9 Å². The van der Waals surface area contributed by atoms with Crippen molar-refractivity contribution in [1.29, 1.82) is 0 Å². The van der Waals surface area contributed by atoms with E-state index in [4.69, 9.17) is 14.9 Å². The Morgan fingerprint density at radius 1 is 1.44 bits per heavy atom. The second kappa shape index (κ2) is 7.26. The standard InChI is InChI=1S/C18H22N6O3/c1-26-13(25)7-6-11-4-2-8-24(10-11)18-20-14-15(19)21-16(22-17(14)23-18)12-5-3-9-27-12/h3,5,9,11H,2,4,6-8,10H2,1H3,(H3,19,20,21,22,23). The summed E-state index contributed by atoms with van der Waals surface area (Å²) in [4.78, 5) is 30.2. The highest BCUT2D eigenvalue weighted by Crippen LogP contribution is 2.28. The molecule has 1 fully saturated rings. The van der Waals surface area contributed by atoms with E-state index in [2.05, 4.69) is 24.8 Å². The molecule has 1 aliphatic rings. The molecular weight excluding hydrogens is 348 g/mol. The van der Waals surface area contributed by atoms with Gasteiger partial charge in [-0.25, -0.2) is 9.97 Å². The number of nitrogen functional groups attached to an aromatic ring is 1. The van der Waals surface area contributed by atoms with Crippen LogP contribution in [-0.2, 0) is 9.53 Å². The SMILES string of the molecule is COC(=O)CCC1CCCN(c2nc3nc(-c4ccco4)nc(N)c3[nH]2)C1. The van der Waals surface area contributed by atoms with E-state index < -0.39 is 0 Å². The molecule has 9 heteroatoms. The van der Waals surface area contributed by atoms with E-state index in [1.54, 1.807) is 18.4 Å². The molecular formula is C18H22N6O3. The first kappa shape index (κ1) is 17.3. The molecule has 142 valence electrons. The summed E-state index contributed by atoms with van der Waals surface area (Å²) in [5, 5.41) is 0. The number of anilines is 2. The summed E-state index contributed by atoms with van der Waals surface area (Å²) in [6, 6.07) is 3.56. The van der Waals surface area contributed by atoms with Crippen LogP contribution in [0.15, 0.2) is 22.8 Å². The molecule has 3 aromatic heterocycles. The van der Waals surface area contributed by atoms with Gasteiger partial charge in [-0.05, 0) is 37.3 Å². The summed E-state index contributed by atoms with van der Waals surface area (Å²) in [7, 11) is 1.42. The number of piperidine rings is 1. The van der Waals surface area contributed by atoms with Gasteiger partial charge in [-0.2, -0.15) is 4.98 Å². The van der Waals surface area contributed by atoms with E-state index in [1.165, 1.54) is 7.11 Å². The Morgan fingerprint density at radius 2 is 2.33 bits per heavy atom. The van der Waals surface area contributed by atoms with Crippen LogP contribution in [0, 0.1) is 5.92 Å². The van der Waals surface area contributed by atoms with Gasteiger partial charge in [0, 0.05) is 19.5 Å². The lowest BCUT2D eigenvalue weighted by Gasteiger charge is -2.32. The normalized spacial score (nSPS) is 17.4. The number of nitrogens with two attached hydrogens (primary N) is 1. The predicted molar refractivity (Wildman–Crippen MR) is 100.0 cm³/mol. The molecule has 0 amide bonds. The molecule has 4 rings (SSSR count). The summed E-state index contributed by atoms with van der Waals surface area (Å²) in [5.74, 6) is 2.29. The van der Waals surface area contributed by atoms with Gasteiger partial charge in [-0.15, -0.1) is 0 Å². The number of nitrogens with one attached hydrogen (secondary N) is 1. The Balaban J connectivity index is 1.55. The molecule has 3 N–H and O–H groups in total. The molecule has 9 nitrogen and oxygen atoms in total. The molecule has 3 aromatic rings. The van der Waals surface area contributed by atoms with Crippen LogP contribution >= 0.6 is 0 Å². The monoisotopic (exact) mass is 370 g/mol. The molecule has 0 spiro atoms. The van der Waals surface area contributed by atoms with E-state index in [0.717, 1.165) is 38.3 Å². The molecule has 1 atom stereocenters. The minimum Gasteiger partial charge on any atom is -0.469 e. The predicted octanol–water partition coefficient (Wildman–Crippen LogP) is 2.36. The number of fused-ring (bicyclic) bond motifs is 1. The number of methoxy groups -OCH3 is 1. The molecule has 0 radical (unpaired) electrons. The van der Waals surface area contributed by atoms with Crippen molar-refractivity contribution in [1.82, 2.24) is 19.9 Å². The minimum atomic E-state index is -0.163. The third kappa shape index (κ3) is 3.57. The number of carbonyl (C=O) groups is 1. The van der Waals surface area contributed by atoms with Gasteiger partial charge in [-0.3, -0.25) is 4.79 Å². The van der Waals surface area contributed by atoms with Crippen LogP contribution in [0.3, 0.4) is 0 Å². The van der Waals surface area contributed by atoms with E-state index in [1.807, 2.05) is 0 Å². The lowest BCUT2D eigenvalue weighted by atomic mass is 9.93. The molecule has 1 aliphatic heterocycles. The van der Waals surface area contributed by atoms with E-state index in [9.17, 15) is 4.79 Å². The first-order valence-corrected chi connectivity index (χ1v) is 9.03. The van der Waals surface area contributed by atoms with Crippen LogP contribution in [0.25, 0.3) is 22.7 Å². The highest BCUT2D eigenvalue weighted by Gasteiger charge is 2.24. The average molecular weight is 370 g/mol. The van der Waals surface area contributed by atoms with Crippen LogP contribution in [0.2, 0.25) is 0 Å². The maximum atomic E-state index is 11.4. The summed E-state index contributed by atoms with van der Waals surface area (Å²) < 4.78 is 10.1. The molecule has 0 aromatic carbocycles. The number of rotatable bonds is 5. The molecule has 0 aliphatic carbocycles. The Morgan fingerprint density at radius 3 is 3.11 bits per heavy atom. The Kier molecular flexibility index (Phi) is 4.66. The van der Waals surface area contributed by atoms with Crippen molar-refractivity contribution in [2.24, 2.45) is 5.92 Å². The number of hydrogen-bond acceptors (Lipinski definition) is 8. The summed E-state index contributed by atoms with van der Waals surface area (Å²) >= 11 is 0. The van der Waals surface area contributed by atoms with Crippen molar-refractivity contribution in [2.75, 3.05) is 30.8 Å². The van der Waals surface area contributed by atoms with Crippen LogP contribution in [0.1, 0.15) is 25.7 Å². The minimum absolute atomic E-state index is 0.163. The first-order valence-electron chi connectivity index (χ1n) is 9.03. The smallest absolute Gasteiger partial charge is 0.305 e. The van der Waals surface area contributed by atoms with E-state index in [-0.39, 0.29) is 5.97 Å². The Hall–Kier alpha value is -3.10. The van der Waals surface area contributed by atoms with Crippen LogP contribution in [0.4, 0.5) is 11.8 Å². The Labute approximate surface area is 155 Å². The number of hydrogen-bond donors (Lipinski definition) is 2. The number of nitrogens with zero attached hydrogens (tertiary/aromatic N) is 4. The van der Waals surface area contributed by atoms with Gasteiger partial charge in [0.25, 0.3) is 0 Å². The van der Waals surface area contributed by atoms with Crippen LogP contribution in [0.5, 0.6) is 0 Å². The summed E-state index contributed by atoms with van der Waals surface area (Å²) in [6.07, 6.45) is 4.96. The van der Waals surface area contributed by atoms with Gasteiger partial charge in [-0.1, -0.05) is 0 Å². The average Bonchev–Trinajstić information content (AvgIpc) is 3.36. The molecule has 1 unspecified atom stereocenters. The zero-order valence-corrected chi connectivity index (χ0v) is 15.1. The molecule has 0 bridgehead atoms. The van der Waals surface area contributed by atoms with Crippen LogP contribution in [-0.4, -0.2) is 46.1 Å². The number of aromatic amines is 1. The van der Waals surface area contributed by atoms with Gasteiger partial charge < -0.3 is 24.8 Å². The highest BCUT2D eigenvalue weighted by atomic mass is 16.5. The third-order valence-electron chi connectivity index (χ3n) is 4.91. The lowest BCUT2D eigenvalue weighted by Crippen LogP contribution is -2.36. The molecule has 4 heterocycles. The lowest BCUT2D eigenvalue weighted by molar-refractivity contribution is -0.140. The van der Waals surface area contributed by atoms with Crippen molar-refractivity contribution >= 4 is 28.9 Å². The number of aromatic nitrogens is 4. The molecule has 0 saturated carbocycles. The zero-order chi connectivity index (χ0) is 18.8. The van der Waals surface area contributed by atoms with Crippen molar-refractivity contribution in [2.45, 2.75) is 25.7 Å². The quantitative estimate of drug-likeness (QED) is 0.656. The number of furan rings is 1. The Bertz CT molecular complexity index is 936.